The summed E-state index contributed by atoms with van der Waals surface area (Å²) >= 11 is 0. The van der Waals surface area contributed by atoms with Crippen molar-refractivity contribution >= 4 is 11.7 Å². The number of anilines is 1. The van der Waals surface area contributed by atoms with Gasteiger partial charge in [-0.05, 0) is 37.1 Å². The Hall–Kier alpha value is -1.55. The molecule has 0 bridgehead atoms. The van der Waals surface area contributed by atoms with Gasteiger partial charge in [0.15, 0.2) is 0 Å². The van der Waals surface area contributed by atoms with Gasteiger partial charge in [-0.25, -0.2) is 4.79 Å². The lowest BCUT2D eigenvalue weighted by Gasteiger charge is -2.24. The van der Waals surface area contributed by atoms with Gasteiger partial charge in [0.1, 0.15) is 0 Å². The summed E-state index contributed by atoms with van der Waals surface area (Å²) < 4.78 is 5.36. The van der Waals surface area contributed by atoms with E-state index in [2.05, 4.69) is 5.32 Å². The number of rotatable bonds is 3. The fourth-order valence-electron chi connectivity index (χ4n) is 1.80. The van der Waals surface area contributed by atoms with E-state index in [1.54, 1.807) is 24.3 Å². The Bertz CT molecular complexity index is 355. The highest BCUT2D eigenvalue weighted by Crippen LogP contribution is 2.15. The van der Waals surface area contributed by atoms with E-state index in [0.29, 0.717) is 11.6 Å². The molecule has 0 spiro atoms. The van der Waals surface area contributed by atoms with Gasteiger partial charge < -0.3 is 15.2 Å². The number of benzene rings is 1. The van der Waals surface area contributed by atoms with Crippen LogP contribution in [0, 0.1) is 0 Å². The monoisotopic (exact) mass is 221 g/mol. The predicted molar refractivity (Wildman–Crippen MR) is 60.9 cm³/mol. The molecule has 1 aromatic rings. The molecule has 1 fully saturated rings. The van der Waals surface area contributed by atoms with E-state index < -0.39 is 5.97 Å². The first-order valence-corrected chi connectivity index (χ1v) is 5.43. The van der Waals surface area contributed by atoms with Gasteiger partial charge in [-0.1, -0.05) is 0 Å². The van der Waals surface area contributed by atoms with Crippen molar-refractivity contribution in [1.82, 2.24) is 0 Å². The summed E-state index contributed by atoms with van der Waals surface area (Å²) in [4.78, 5) is 10.7. The van der Waals surface area contributed by atoms with Crippen LogP contribution >= 0.6 is 0 Å². The molecule has 0 saturated carbocycles. The molecule has 0 radical (unpaired) electrons. The SMILES string of the molecule is O=C(O)c1ccc(NC2CCCOC2)cc1. The van der Waals surface area contributed by atoms with E-state index in [9.17, 15) is 4.79 Å². The Balaban J connectivity index is 1.96. The second-order valence-corrected chi connectivity index (χ2v) is 3.94. The largest absolute Gasteiger partial charge is 0.478 e. The predicted octanol–water partition coefficient (Wildman–Crippen LogP) is 1.98. The third-order valence-electron chi connectivity index (χ3n) is 2.66. The third-order valence-corrected chi connectivity index (χ3v) is 2.66. The molecule has 0 amide bonds. The van der Waals surface area contributed by atoms with Crippen LogP contribution in [-0.2, 0) is 4.74 Å². The van der Waals surface area contributed by atoms with E-state index in [1.807, 2.05) is 0 Å². The van der Waals surface area contributed by atoms with Crippen molar-refractivity contribution < 1.29 is 14.6 Å². The molecule has 2 rings (SSSR count). The lowest BCUT2D eigenvalue weighted by Crippen LogP contribution is -2.29. The maximum atomic E-state index is 10.7. The summed E-state index contributed by atoms with van der Waals surface area (Å²) in [7, 11) is 0. The maximum Gasteiger partial charge on any atom is 0.335 e. The minimum atomic E-state index is -0.896. The van der Waals surface area contributed by atoms with Crippen LogP contribution in [0.2, 0.25) is 0 Å². The van der Waals surface area contributed by atoms with Crippen LogP contribution in [0.15, 0.2) is 24.3 Å². The summed E-state index contributed by atoms with van der Waals surface area (Å²) in [5.74, 6) is -0.896. The maximum absolute atomic E-state index is 10.7. The van der Waals surface area contributed by atoms with Crippen molar-refractivity contribution in [2.24, 2.45) is 0 Å². The van der Waals surface area contributed by atoms with Gasteiger partial charge in [-0.3, -0.25) is 0 Å². The lowest BCUT2D eigenvalue weighted by molar-refractivity contribution is 0.0697. The van der Waals surface area contributed by atoms with Crippen molar-refractivity contribution in [3.63, 3.8) is 0 Å². The highest BCUT2D eigenvalue weighted by molar-refractivity contribution is 5.87. The molecular weight excluding hydrogens is 206 g/mol. The van der Waals surface area contributed by atoms with Crippen LogP contribution in [0.1, 0.15) is 23.2 Å². The Labute approximate surface area is 94.2 Å². The van der Waals surface area contributed by atoms with Crippen LogP contribution in [-0.4, -0.2) is 30.3 Å². The van der Waals surface area contributed by atoms with E-state index in [4.69, 9.17) is 9.84 Å². The number of hydrogen-bond acceptors (Lipinski definition) is 3. The zero-order valence-electron chi connectivity index (χ0n) is 8.98. The van der Waals surface area contributed by atoms with Gasteiger partial charge in [-0.15, -0.1) is 0 Å². The lowest BCUT2D eigenvalue weighted by atomic mass is 10.1. The van der Waals surface area contributed by atoms with E-state index in [1.165, 1.54) is 0 Å². The molecular formula is C12H15NO3. The van der Waals surface area contributed by atoms with Crippen molar-refractivity contribution in [2.75, 3.05) is 18.5 Å². The number of carboxylic acids is 1. The summed E-state index contributed by atoms with van der Waals surface area (Å²) in [6.07, 6.45) is 2.17. The smallest absolute Gasteiger partial charge is 0.335 e. The molecule has 86 valence electrons. The summed E-state index contributed by atoms with van der Waals surface area (Å²) in [5.41, 5.74) is 1.26. The molecule has 4 heteroatoms. The molecule has 1 aliphatic heterocycles. The number of ether oxygens (including phenoxy) is 1. The standard InChI is InChI=1S/C12H15NO3/c14-12(15)9-3-5-10(6-4-9)13-11-2-1-7-16-8-11/h3-6,11,13H,1-2,7-8H2,(H,14,15). The third kappa shape index (κ3) is 2.73. The topological polar surface area (TPSA) is 58.6 Å². The van der Waals surface area contributed by atoms with Crippen LogP contribution in [0.3, 0.4) is 0 Å². The summed E-state index contributed by atoms with van der Waals surface area (Å²) in [6.45, 7) is 1.57. The number of carboxylic acid groups (broad SMARTS) is 1. The average Bonchev–Trinajstić information content (AvgIpc) is 2.31. The second kappa shape index (κ2) is 4.99. The first-order valence-electron chi connectivity index (χ1n) is 5.43. The van der Waals surface area contributed by atoms with Gasteiger partial charge in [0.05, 0.1) is 12.2 Å². The fraction of sp³-hybridized carbons (Fsp3) is 0.417. The minimum absolute atomic E-state index is 0.311. The van der Waals surface area contributed by atoms with E-state index in [0.717, 1.165) is 31.7 Å². The number of carbonyl (C=O) groups is 1. The Morgan fingerprint density at radius 1 is 1.38 bits per heavy atom. The fourth-order valence-corrected chi connectivity index (χ4v) is 1.80. The van der Waals surface area contributed by atoms with Crippen LogP contribution in [0.5, 0.6) is 0 Å². The first kappa shape index (κ1) is 11.0. The summed E-state index contributed by atoms with van der Waals surface area (Å²) in [5, 5.41) is 12.1. The molecule has 4 nitrogen and oxygen atoms in total. The number of nitrogens with one attached hydrogen (secondary N) is 1. The zero-order chi connectivity index (χ0) is 11.4. The van der Waals surface area contributed by atoms with Gasteiger partial charge in [0.2, 0.25) is 0 Å². The van der Waals surface area contributed by atoms with Gasteiger partial charge >= 0.3 is 5.97 Å². The molecule has 1 atom stereocenters. The highest BCUT2D eigenvalue weighted by atomic mass is 16.5. The van der Waals surface area contributed by atoms with Crippen molar-refractivity contribution in [1.29, 1.82) is 0 Å². The Morgan fingerprint density at radius 3 is 2.69 bits per heavy atom. The quantitative estimate of drug-likeness (QED) is 0.819. The Kier molecular flexibility index (Phi) is 3.41. The van der Waals surface area contributed by atoms with Gasteiger partial charge in [-0.2, -0.15) is 0 Å². The normalized spacial score (nSPS) is 20.4. The molecule has 0 aromatic heterocycles. The zero-order valence-corrected chi connectivity index (χ0v) is 8.98. The molecule has 1 aliphatic rings. The first-order chi connectivity index (χ1) is 7.75. The minimum Gasteiger partial charge on any atom is -0.478 e. The van der Waals surface area contributed by atoms with Crippen LogP contribution in [0.4, 0.5) is 5.69 Å². The number of hydrogen-bond donors (Lipinski definition) is 2. The van der Waals surface area contributed by atoms with Crippen LogP contribution in [0.25, 0.3) is 0 Å². The van der Waals surface area contributed by atoms with Crippen molar-refractivity contribution in [2.45, 2.75) is 18.9 Å². The van der Waals surface area contributed by atoms with Crippen molar-refractivity contribution in [3.8, 4) is 0 Å². The van der Waals surface area contributed by atoms with Crippen molar-refractivity contribution in [3.05, 3.63) is 29.8 Å². The molecule has 0 aliphatic carbocycles. The second-order valence-electron chi connectivity index (χ2n) is 3.94. The molecule has 16 heavy (non-hydrogen) atoms. The van der Waals surface area contributed by atoms with E-state index >= 15 is 0 Å². The highest BCUT2D eigenvalue weighted by Gasteiger charge is 2.13. The van der Waals surface area contributed by atoms with E-state index in [-0.39, 0.29) is 0 Å². The molecule has 1 aromatic carbocycles. The molecule has 2 N–H and O–H groups in total. The molecule has 1 unspecified atom stereocenters. The summed E-state index contributed by atoms with van der Waals surface area (Å²) in [6, 6.07) is 7.13. The average molecular weight is 221 g/mol. The molecule has 1 saturated heterocycles. The molecule has 1 heterocycles. The van der Waals surface area contributed by atoms with Gasteiger partial charge in [0, 0.05) is 18.3 Å². The Morgan fingerprint density at radius 2 is 2.12 bits per heavy atom. The van der Waals surface area contributed by atoms with Gasteiger partial charge in [0.25, 0.3) is 0 Å². The number of aromatic carboxylic acids is 1. The van der Waals surface area contributed by atoms with Crippen LogP contribution < -0.4 is 5.32 Å².